The molecule has 0 atom stereocenters. The number of hydrogen-bond donors (Lipinski definition) is 0. The minimum atomic E-state index is -2.60. The lowest BCUT2D eigenvalue weighted by Gasteiger charge is -2.08. The Bertz CT molecular complexity index is 348. The van der Waals surface area contributed by atoms with E-state index in [0.29, 0.717) is 11.3 Å². The van der Waals surface area contributed by atoms with Gasteiger partial charge in [0.05, 0.1) is 11.6 Å². The molecule has 15 heavy (non-hydrogen) atoms. The minimum absolute atomic E-state index is 0.127. The Labute approximate surface area is 92.1 Å². The van der Waals surface area contributed by atoms with Crippen molar-refractivity contribution in [1.82, 2.24) is 0 Å². The first-order valence-corrected chi connectivity index (χ1v) is 5.50. The molecule has 0 aliphatic heterocycles. The summed E-state index contributed by atoms with van der Waals surface area (Å²) in [6.07, 6.45) is -0.127. The summed E-state index contributed by atoms with van der Waals surface area (Å²) in [5.41, 5.74) is 0.583. The molecule has 0 spiro atoms. The Morgan fingerprint density at radius 2 is 1.93 bits per heavy atom. The zero-order valence-electron chi connectivity index (χ0n) is 8.34. The second-order valence-corrected chi connectivity index (χ2v) is 4.47. The van der Waals surface area contributed by atoms with Gasteiger partial charge in [-0.3, -0.25) is 0 Å². The van der Waals surface area contributed by atoms with Crippen LogP contribution >= 0.6 is 11.8 Å². The Balaban J connectivity index is 2.42. The van der Waals surface area contributed by atoms with Gasteiger partial charge in [-0.25, -0.2) is 8.78 Å². The largest absolute Gasteiger partial charge is 0.246 e. The molecular weight excluding hydrogens is 216 g/mol. The highest BCUT2D eigenvalue weighted by Crippen LogP contribution is 2.24. The number of thioether (sulfide) groups is 1. The summed E-state index contributed by atoms with van der Waals surface area (Å²) in [6.45, 7) is 0.923. The van der Waals surface area contributed by atoms with E-state index in [-0.39, 0.29) is 6.42 Å². The molecule has 0 N–H and O–H groups in total. The Hall–Kier alpha value is -1.08. The van der Waals surface area contributed by atoms with E-state index >= 15 is 0 Å². The van der Waals surface area contributed by atoms with E-state index in [2.05, 4.69) is 0 Å². The lowest BCUT2D eigenvalue weighted by molar-refractivity contribution is 0.0194. The molecule has 0 aliphatic rings. The van der Waals surface area contributed by atoms with Gasteiger partial charge in [-0.2, -0.15) is 5.26 Å². The molecule has 0 heterocycles. The van der Waals surface area contributed by atoms with Crippen molar-refractivity contribution in [3.63, 3.8) is 0 Å². The molecule has 1 rings (SSSR count). The van der Waals surface area contributed by atoms with Gasteiger partial charge >= 0.3 is 0 Å². The van der Waals surface area contributed by atoms with E-state index in [0.717, 1.165) is 11.8 Å². The molecule has 4 heteroatoms. The highest BCUT2D eigenvalue weighted by atomic mass is 32.2. The lowest BCUT2D eigenvalue weighted by atomic mass is 10.2. The topological polar surface area (TPSA) is 23.8 Å². The molecule has 0 saturated heterocycles. The smallest absolute Gasteiger partial charge is 0.207 e. The minimum Gasteiger partial charge on any atom is -0.207 e. The molecule has 1 nitrogen and oxygen atoms in total. The maximum absolute atomic E-state index is 12.5. The van der Waals surface area contributed by atoms with Crippen LogP contribution in [0.4, 0.5) is 8.78 Å². The maximum Gasteiger partial charge on any atom is 0.246 e. The monoisotopic (exact) mass is 227 g/mol. The number of rotatable bonds is 4. The van der Waals surface area contributed by atoms with E-state index < -0.39 is 5.92 Å². The van der Waals surface area contributed by atoms with E-state index in [1.54, 1.807) is 24.3 Å². The normalized spacial score (nSPS) is 11.1. The van der Waals surface area contributed by atoms with Crippen LogP contribution in [0.15, 0.2) is 29.2 Å². The van der Waals surface area contributed by atoms with Crippen molar-refractivity contribution < 1.29 is 8.78 Å². The molecule has 0 amide bonds. The molecule has 1 aromatic rings. The summed E-state index contributed by atoms with van der Waals surface area (Å²) in [5, 5.41) is 8.56. The zero-order chi connectivity index (χ0) is 11.3. The number of nitriles is 1. The Kier molecular flexibility index (Phi) is 4.10. The van der Waals surface area contributed by atoms with Gasteiger partial charge in [0.2, 0.25) is 5.92 Å². The highest BCUT2D eigenvalue weighted by Gasteiger charge is 2.19. The third-order valence-corrected chi connectivity index (χ3v) is 2.81. The molecule has 80 valence electrons. The van der Waals surface area contributed by atoms with E-state index in [4.69, 9.17) is 5.26 Å². The first-order chi connectivity index (χ1) is 7.01. The number of alkyl halides is 2. The zero-order valence-corrected chi connectivity index (χ0v) is 9.15. The number of nitrogens with zero attached hydrogens (tertiary/aromatic N) is 1. The van der Waals surface area contributed by atoms with Gasteiger partial charge in [0.15, 0.2) is 0 Å². The number of hydrogen-bond acceptors (Lipinski definition) is 2. The molecule has 0 fully saturated rings. The van der Waals surface area contributed by atoms with Crippen LogP contribution in [0, 0.1) is 11.3 Å². The standard InChI is InChI=1S/C11H11F2NS/c1-11(12,13)6-7-15-10-4-2-9(8-14)3-5-10/h2-5H,6-7H2,1H3. The molecule has 0 aromatic heterocycles. The second kappa shape index (κ2) is 5.13. The Morgan fingerprint density at radius 1 is 1.33 bits per heavy atom. The lowest BCUT2D eigenvalue weighted by Crippen LogP contribution is -2.10. The van der Waals surface area contributed by atoms with Crippen molar-refractivity contribution in [3.8, 4) is 6.07 Å². The van der Waals surface area contributed by atoms with Crippen LogP contribution in [0.5, 0.6) is 0 Å². The third kappa shape index (κ3) is 4.80. The maximum atomic E-state index is 12.5. The molecule has 1 aromatic carbocycles. The fourth-order valence-electron chi connectivity index (χ4n) is 0.974. The van der Waals surface area contributed by atoms with Crippen molar-refractivity contribution in [1.29, 1.82) is 5.26 Å². The van der Waals surface area contributed by atoms with Crippen molar-refractivity contribution >= 4 is 11.8 Å². The molecule has 0 aliphatic carbocycles. The average Bonchev–Trinajstić information content (AvgIpc) is 2.17. The van der Waals surface area contributed by atoms with Crippen LogP contribution in [0.25, 0.3) is 0 Å². The summed E-state index contributed by atoms with van der Waals surface area (Å²) in [4.78, 5) is 0.915. The predicted octanol–water partition coefficient (Wildman–Crippen LogP) is 3.70. The van der Waals surface area contributed by atoms with Gasteiger partial charge in [0, 0.05) is 17.1 Å². The van der Waals surface area contributed by atoms with E-state index in [9.17, 15) is 8.78 Å². The first-order valence-electron chi connectivity index (χ1n) is 4.52. The van der Waals surface area contributed by atoms with Gasteiger partial charge < -0.3 is 0 Å². The van der Waals surface area contributed by atoms with Gasteiger partial charge in [0.1, 0.15) is 0 Å². The fourth-order valence-corrected chi connectivity index (χ4v) is 2.00. The molecule has 0 radical (unpaired) electrons. The summed E-state index contributed by atoms with van der Waals surface area (Å²) < 4.78 is 25.0. The number of benzene rings is 1. The van der Waals surface area contributed by atoms with Gasteiger partial charge in [-0.1, -0.05) is 0 Å². The van der Waals surface area contributed by atoms with Gasteiger partial charge in [-0.05, 0) is 31.2 Å². The van der Waals surface area contributed by atoms with E-state index in [1.807, 2.05) is 6.07 Å². The SMILES string of the molecule is CC(F)(F)CCSc1ccc(C#N)cc1. The van der Waals surface area contributed by atoms with Crippen LogP contribution < -0.4 is 0 Å². The van der Waals surface area contributed by atoms with Crippen LogP contribution in [0.1, 0.15) is 18.9 Å². The van der Waals surface area contributed by atoms with Crippen LogP contribution in [-0.2, 0) is 0 Å². The van der Waals surface area contributed by atoms with E-state index in [1.165, 1.54) is 11.8 Å². The highest BCUT2D eigenvalue weighted by molar-refractivity contribution is 7.99. The molecule has 0 saturated carbocycles. The van der Waals surface area contributed by atoms with Crippen LogP contribution in [0.2, 0.25) is 0 Å². The predicted molar refractivity (Wildman–Crippen MR) is 57.1 cm³/mol. The van der Waals surface area contributed by atoms with Crippen molar-refractivity contribution in [3.05, 3.63) is 29.8 Å². The summed E-state index contributed by atoms with van der Waals surface area (Å²) >= 11 is 1.38. The summed E-state index contributed by atoms with van der Waals surface area (Å²) in [7, 11) is 0. The van der Waals surface area contributed by atoms with Crippen molar-refractivity contribution in [2.24, 2.45) is 0 Å². The third-order valence-electron chi connectivity index (χ3n) is 1.79. The van der Waals surface area contributed by atoms with Gasteiger partial charge in [-0.15, -0.1) is 11.8 Å². The van der Waals surface area contributed by atoms with Crippen LogP contribution in [0.3, 0.4) is 0 Å². The molecular formula is C11H11F2NS. The van der Waals surface area contributed by atoms with Gasteiger partial charge in [0.25, 0.3) is 0 Å². The second-order valence-electron chi connectivity index (χ2n) is 3.30. The summed E-state index contributed by atoms with van der Waals surface area (Å²) in [5.74, 6) is -2.21. The average molecular weight is 227 g/mol. The summed E-state index contributed by atoms with van der Waals surface area (Å²) in [6, 6.07) is 8.93. The molecule has 0 bridgehead atoms. The first kappa shape index (κ1) is 12.0. The molecule has 0 unspecified atom stereocenters. The van der Waals surface area contributed by atoms with Crippen molar-refractivity contribution in [2.75, 3.05) is 5.75 Å². The van der Waals surface area contributed by atoms with Crippen LogP contribution in [-0.4, -0.2) is 11.7 Å². The Morgan fingerprint density at radius 3 is 2.40 bits per heavy atom. The fraction of sp³-hybridized carbons (Fsp3) is 0.364. The van der Waals surface area contributed by atoms with Crippen molar-refractivity contribution in [2.45, 2.75) is 24.2 Å². The quantitative estimate of drug-likeness (QED) is 0.732. The number of halogens is 2.